The molecule has 2 heterocycles. The fraction of sp³-hybridized carbons (Fsp3) is 0.727. The van der Waals surface area contributed by atoms with Crippen LogP contribution in [0.5, 0.6) is 0 Å². The maximum absolute atomic E-state index is 12.7. The maximum Gasteiger partial charge on any atom is 0.246 e. The smallest absolute Gasteiger partial charge is 0.246 e. The number of aromatic amines is 1. The lowest BCUT2D eigenvalue weighted by Crippen LogP contribution is -2.41. The van der Waals surface area contributed by atoms with E-state index in [9.17, 15) is 8.42 Å². The molecule has 19 heavy (non-hydrogen) atoms. The van der Waals surface area contributed by atoms with Gasteiger partial charge in [-0.2, -0.15) is 21.2 Å². The highest BCUT2D eigenvalue weighted by Gasteiger charge is 2.33. The zero-order chi connectivity index (χ0) is 14.0. The van der Waals surface area contributed by atoms with Crippen molar-refractivity contribution in [2.75, 3.05) is 25.9 Å². The molecular formula is C11H20N4O2S2. The highest BCUT2D eigenvalue weighted by molar-refractivity contribution is 8.00. The normalized spacial score (nSPS) is 21.7. The van der Waals surface area contributed by atoms with Crippen molar-refractivity contribution >= 4 is 21.8 Å². The van der Waals surface area contributed by atoms with Gasteiger partial charge in [-0.15, -0.1) is 0 Å². The Balaban J connectivity index is 2.36. The molecule has 0 aromatic carbocycles. The van der Waals surface area contributed by atoms with Crippen molar-refractivity contribution in [3.05, 3.63) is 11.4 Å². The fourth-order valence-corrected chi connectivity index (χ4v) is 5.31. The number of thioether (sulfide) groups is 1. The Bertz CT molecular complexity index is 541. The summed E-state index contributed by atoms with van der Waals surface area (Å²) in [4.78, 5) is 0.334. The van der Waals surface area contributed by atoms with Crippen LogP contribution in [0.25, 0.3) is 0 Å². The van der Waals surface area contributed by atoms with Crippen molar-refractivity contribution in [2.24, 2.45) is 0 Å². The summed E-state index contributed by atoms with van der Waals surface area (Å²) < 4.78 is 27.1. The topological polar surface area (TPSA) is 78.1 Å². The van der Waals surface area contributed by atoms with Gasteiger partial charge in [0.2, 0.25) is 10.0 Å². The number of sulfonamides is 1. The van der Waals surface area contributed by atoms with Gasteiger partial charge in [0, 0.05) is 30.6 Å². The van der Waals surface area contributed by atoms with E-state index in [2.05, 4.69) is 22.4 Å². The van der Waals surface area contributed by atoms with Crippen LogP contribution in [-0.4, -0.2) is 54.1 Å². The van der Waals surface area contributed by atoms with Crippen LogP contribution in [0.2, 0.25) is 0 Å². The van der Waals surface area contributed by atoms with E-state index in [4.69, 9.17) is 0 Å². The SMILES string of the molecule is CNCc1n[nH]c(C)c1S(=O)(=O)N1CCSC(C)C1. The Morgan fingerprint density at radius 1 is 1.58 bits per heavy atom. The van der Waals surface area contributed by atoms with E-state index in [0.717, 1.165) is 5.75 Å². The third-order valence-corrected chi connectivity index (χ3v) is 6.31. The summed E-state index contributed by atoms with van der Waals surface area (Å²) in [5, 5.41) is 10.2. The van der Waals surface area contributed by atoms with E-state index in [1.165, 1.54) is 0 Å². The first kappa shape index (κ1) is 14.8. The molecule has 1 saturated heterocycles. The Kier molecular flexibility index (Phi) is 4.54. The lowest BCUT2D eigenvalue weighted by molar-refractivity contribution is 0.423. The maximum atomic E-state index is 12.7. The second-order valence-corrected chi connectivity index (χ2v) is 8.12. The Morgan fingerprint density at radius 2 is 2.32 bits per heavy atom. The predicted octanol–water partition coefficient (Wildman–Crippen LogP) is 0.564. The summed E-state index contributed by atoms with van der Waals surface area (Å²) in [6.45, 7) is 5.39. The Labute approximate surface area is 118 Å². The summed E-state index contributed by atoms with van der Waals surface area (Å²) in [5.74, 6) is 0.846. The molecule has 0 aliphatic carbocycles. The monoisotopic (exact) mass is 304 g/mol. The molecule has 1 aliphatic heterocycles. The summed E-state index contributed by atoms with van der Waals surface area (Å²) >= 11 is 1.81. The van der Waals surface area contributed by atoms with Crippen LogP contribution >= 0.6 is 11.8 Å². The molecule has 6 nitrogen and oxygen atoms in total. The molecule has 1 fully saturated rings. The molecule has 108 valence electrons. The fourth-order valence-electron chi connectivity index (χ4n) is 2.23. The first-order valence-corrected chi connectivity index (χ1v) is 8.76. The number of nitrogens with zero attached hydrogens (tertiary/aromatic N) is 2. The Morgan fingerprint density at radius 3 is 2.95 bits per heavy atom. The number of aryl methyl sites for hydroxylation is 1. The van der Waals surface area contributed by atoms with Gasteiger partial charge in [-0.3, -0.25) is 5.10 Å². The van der Waals surface area contributed by atoms with Gasteiger partial charge in [-0.1, -0.05) is 6.92 Å². The van der Waals surface area contributed by atoms with Crippen LogP contribution in [0, 0.1) is 6.92 Å². The third kappa shape index (κ3) is 2.96. The quantitative estimate of drug-likeness (QED) is 0.850. The van der Waals surface area contributed by atoms with Crippen LogP contribution < -0.4 is 5.32 Å². The van der Waals surface area contributed by atoms with E-state index < -0.39 is 10.0 Å². The zero-order valence-corrected chi connectivity index (χ0v) is 13.1. The van der Waals surface area contributed by atoms with Gasteiger partial charge >= 0.3 is 0 Å². The largest absolute Gasteiger partial charge is 0.314 e. The van der Waals surface area contributed by atoms with Crippen molar-refractivity contribution in [2.45, 2.75) is 30.5 Å². The van der Waals surface area contributed by atoms with Crippen molar-refractivity contribution in [1.82, 2.24) is 19.8 Å². The van der Waals surface area contributed by atoms with Gasteiger partial charge in [0.1, 0.15) is 4.90 Å². The number of nitrogens with one attached hydrogen (secondary N) is 2. The third-order valence-electron chi connectivity index (χ3n) is 3.11. The van der Waals surface area contributed by atoms with E-state index >= 15 is 0 Å². The van der Waals surface area contributed by atoms with Crippen LogP contribution in [-0.2, 0) is 16.6 Å². The number of rotatable bonds is 4. The summed E-state index contributed by atoms with van der Waals surface area (Å²) in [5.41, 5.74) is 1.17. The minimum absolute atomic E-state index is 0.334. The van der Waals surface area contributed by atoms with Gasteiger partial charge in [0.15, 0.2) is 0 Å². The van der Waals surface area contributed by atoms with Gasteiger partial charge in [-0.05, 0) is 14.0 Å². The van der Waals surface area contributed by atoms with Crippen LogP contribution in [0.15, 0.2) is 4.90 Å². The molecule has 0 radical (unpaired) electrons. The average molecular weight is 304 g/mol. The molecule has 1 atom stereocenters. The van der Waals surface area contributed by atoms with Gasteiger partial charge in [0.05, 0.1) is 11.4 Å². The van der Waals surface area contributed by atoms with Crippen molar-refractivity contribution in [1.29, 1.82) is 0 Å². The molecule has 1 unspecified atom stereocenters. The lowest BCUT2D eigenvalue weighted by atomic mass is 10.4. The van der Waals surface area contributed by atoms with Gasteiger partial charge in [-0.25, -0.2) is 8.42 Å². The number of H-pyrrole nitrogens is 1. The van der Waals surface area contributed by atoms with Gasteiger partial charge in [0.25, 0.3) is 0 Å². The number of hydrogen-bond donors (Lipinski definition) is 2. The Hall–Kier alpha value is -0.570. The molecule has 0 spiro atoms. The molecule has 2 N–H and O–H groups in total. The standard InChI is InChI=1S/C11H20N4O2S2/c1-8-7-15(4-5-18-8)19(16,17)11-9(2)13-14-10(11)6-12-3/h8,12H,4-7H2,1-3H3,(H,13,14). The highest BCUT2D eigenvalue weighted by atomic mass is 32.2. The van der Waals surface area contributed by atoms with Crippen LogP contribution in [0.3, 0.4) is 0 Å². The molecule has 0 saturated carbocycles. The molecule has 2 rings (SSSR count). The predicted molar refractivity (Wildman–Crippen MR) is 76.8 cm³/mol. The van der Waals surface area contributed by atoms with Crippen molar-refractivity contribution < 1.29 is 8.42 Å². The molecular weight excluding hydrogens is 284 g/mol. The summed E-state index contributed by atoms with van der Waals surface area (Å²) in [6.07, 6.45) is 0. The van der Waals surface area contributed by atoms with E-state index in [-0.39, 0.29) is 0 Å². The van der Waals surface area contributed by atoms with Crippen molar-refractivity contribution in [3.8, 4) is 0 Å². The average Bonchev–Trinajstić information content (AvgIpc) is 2.71. The first-order chi connectivity index (χ1) is 8.96. The van der Waals surface area contributed by atoms with E-state index in [0.29, 0.717) is 41.2 Å². The van der Waals surface area contributed by atoms with Crippen LogP contribution in [0.1, 0.15) is 18.3 Å². The number of hydrogen-bond acceptors (Lipinski definition) is 5. The van der Waals surface area contributed by atoms with E-state index in [1.54, 1.807) is 18.3 Å². The molecule has 8 heteroatoms. The first-order valence-electron chi connectivity index (χ1n) is 6.27. The van der Waals surface area contributed by atoms with Crippen LogP contribution in [0.4, 0.5) is 0 Å². The lowest BCUT2D eigenvalue weighted by Gasteiger charge is -2.29. The van der Waals surface area contributed by atoms with E-state index in [1.807, 2.05) is 11.8 Å². The molecule has 0 bridgehead atoms. The second kappa shape index (κ2) is 5.82. The number of aromatic nitrogens is 2. The van der Waals surface area contributed by atoms with Gasteiger partial charge < -0.3 is 5.32 Å². The zero-order valence-electron chi connectivity index (χ0n) is 11.4. The molecule has 1 aromatic rings. The highest BCUT2D eigenvalue weighted by Crippen LogP contribution is 2.27. The summed E-state index contributed by atoms with van der Waals surface area (Å²) in [7, 11) is -1.67. The summed E-state index contributed by atoms with van der Waals surface area (Å²) in [6, 6.07) is 0. The van der Waals surface area contributed by atoms with Crippen molar-refractivity contribution in [3.63, 3.8) is 0 Å². The molecule has 1 aromatic heterocycles. The molecule has 0 amide bonds. The molecule has 1 aliphatic rings. The minimum Gasteiger partial charge on any atom is -0.314 e. The minimum atomic E-state index is -3.45. The second-order valence-electron chi connectivity index (χ2n) is 4.70.